The van der Waals surface area contributed by atoms with Crippen LogP contribution in [0.2, 0.25) is 0 Å². The van der Waals surface area contributed by atoms with Gasteiger partial charge in [0.15, 0.2) is 0 Å². The van der Waals surface area contributed by atoms with Gasteiger partial charge in [-0.2, -0.15) is 0 Å². The number of likely N-dealkylation sites (N-methyl/N-ethyl adjacent to an activating group) is 1. The third-order valence-electron chi connectivity index (χ3n) is 3.21. The Bertz CT molecular complexity index is 288. The molecule has 2 heteroatoms. The maximum Gasteiger partial charge on any atom is 0.00888 e. The Labute approximate surface area is 99.5 Å². The first-order valence-corrected chi connectivity index (χ1v) is 6.20. The second kappa shape index (κ2) is 6.66. The van der Waals surface area contributed by atoms with Gasteiger partial charge in [0.05, 0.1) is 0 Å². The van der Waals surface area contributed by atoms with Crippen molar-refractivity contribution in [3.8, 4) is 0 Å². The molecule has 0 amide bonds. The number of nitrogens with zero attached hydrogens (tertiary/aromatic N) is 1. The highest BCUT2D eigenvalue weighted by Gasteiger charge is 2.12. The average Bonchev–Trinajstić information content (AvgIpc) is 2.32. The number of hydrogen-bond acceptors (Lipinski definition) is 2. The molecule has 1 aromatic carbocycles. The van der Waals surface area contributed by atoms with Gasteiger partial charge in [0.2, 0.25) is 0 Å². The highest BCUT2D eigenvalue weighted by Crippen LogP contribution is 2.16. The van der Waals surface area contributed by atoms with Gasteiger partial charge < -0.3 is 10.6 Å². The van der Waals surface area contributed by atoms with E-state index in [2.05, 4.69) is 49.9 Å². The Morgan fingerprint density at radius 2 is 1.69 bits per heavy atom. The zero-order valence-electron chi connectivity index (χ0n) is 10.7. The lowest BCUT2D eigenvalue weighted by atomic mass is 9.97. The van der Waals surface area contributed by atoms with E-state index < -0.39 is 0 Å². The molecule has 1 atom stereocenters. The fourth-order valence-corrected chi connectivity index (χ4v) is 1.95. The van der Waals surface area contributed by atoms with Crippen LogP contribution in [0.15, 0.2) is 24.3 Å². The van der Waals surface area contributed by atoms with Crippen LogP contribution in [0.1, 0.15) is 30.9 Å². The fraction of sp³-hybridized carbons (Fsp3) is 0.571. The third-order valence-corrected chi connectivity index (χ3v) is 3.21. The Balaban J connectivity index is 2.70. The van der Waals surface area contributed by atoms with Crippen molar-refractivity contribution in [2.24, 2.45) is 5.73 Å². The first kappa shape index (κ1) is 13.2. The summed E-state index contributed by atoms with van der Waals surface area (Å²) in [5.41, 5.74) is 8.54. The van der Waals surface area contributed by atoms with Gasteiger partial charge >= 0.3 is 0 Å². The summed E-state index contributed by atoms with van der Waals surface area (Å²) < 4.78 is 0. The lowest BCUT2D eigenvalue weighted by molar-refractivity contribution is 0.284. The van der Waals surface area contributed by atoms with E-state index in [1.807, 2.05) is 0 Å². The first-order valence-electron chi connectivity index (χ1n) is 6.20. The van der Waals surface area contributed by atoms with Crippen molar-refractivity contribution >= 4 is 0 Å². The molecule has 0 aliphatic carbocycles. The van der Waals surface area contributed by atoms with Crippen molar-refractivity contribution in [2.45, 2.75) is 26.7 Å². The molecule has 1 rings (SSSR count). The van der Waals surface area contributed by atoms with Crippen molar-refractivity contribution in [2.75, 3.05) is 26.2 Å². The first-order chi connectivity index (χ1) is 7.71. The van der Waals surface area contributed by atoms with E-state index in [1.54, 1.807) is 0 Å². The minimum atomic E-state index is 0.459. The Hall–Kier alpha value is -0.860. The lowest BCUT2D eigenvalue weighted by Gasteiger charge is -2.24. The van der Waals surface area contributed by atoms with Crippen LogP contribution >= 0.6 is 0 Å². The zero-order valence-corrected chi connectivity index (χ0v) is 10.7. The average molecular weight is 220 g/mol. The number of benzene rings is 1. The summed E-state index contributed by atoms with van der Waals surface area (Å²) in [5, 5.41) is 0. The van der Waals surface area contributed by atoms with Gasteiger partial charge in [0.25, 0.3) is 0 Å². The van der Waals surface area contributed by atoms with Crippen LogP contribution in [0.5, 0.6) is 0 Å². The second-order valence-electron chi connectivity index (χ2n) is 4.33. The molecule has 1 aromatic rings. The molecule has 0 aromatic heterocycles. The minimum absolute atomic E-state index is 0.459. The van der Waals surface area contributed by atoms with Gasteiger partial charge in [-0.25, -0.2) is 0 Å². The number of rotatable bonds is 6. The molecule has 1 unspecified atom stereocenters. The van der Waals surface area contributed by atoms with Crippen LogP contribution < -0.4 is 5.73 Å². The molecule has 2 nitrogen and oxygen atoms in total. The molecule has 2 N–H and O–H groups in total. The van der Waals surface area contributed by atoms with Crippen molar-refractivity contribution < 1.29 is 0 Å². The monoisotopic (exact) mass is 220 g/mol. The van der Waals surface area contributed by atoms with E-state index in [4.69, 9.17) is 5.73 Å². The largest absolute Gasteiger partial charge is 0.330 e. The molecule has 0 radical (unpaired) electrons. The third kappa shape index (κ3) is 3.62. The highest BCUT2D eigenvalue weighted by molar-refractivity contribution is 5.25. The standard InChI is InChI=1S/C14H24N2/c1-4-16(5-2)11-14(10-15)13-8-6-12(3)7-9-13/h6-9,14H,4-5,10-11,15H2,1-3H3. The molecular formula is C14H24N2. The van der Waals surface area contributed by atoms with Crippen LogP contribution in [0.25, 0.3) is 0 Å². The maximum atomic E-state index is 5.87. The second-order valence-corrected chi connectivity index (χ2v) is 4.33. The van der Waals surface area contributed by atoms with E-state index in [0.717, 1.165) is 26.2 Å². The molecule has 0 spiro atoms. The smallest absolute Gasteiger partial charge is 0.00888 e. The molecular weight excluding hydrogens is 196 g/mol. The van der Waals surface area contributed by atoms with E-state index >= 15 is 0 Å². The Morgan fingerprint density at radius 1 is 1.12 bits per heavy atom. The van der Waals surface area contributed by atoms with Crippen LogP contribution in [0.3, 0.4) is 0 Å². The van der Waals surface area contributed by atoms with Crippen molar-refractivity contribution in [3.05, 3.63) is 35.4 Å². The summed E-state index contributed by atoms with van der Waals surface area (Å²) >= 11 is 0. The molecule has 0 heterocycles. The van der Waals surface area contributed by atoms with Crippen molar-refractivity contribution in [1.29, 1.82) is 0 Å². The number of aryl methyl sites for hydroxylation is 1. The van der Waals surface area contributed by atoms with Gasteiger partial charge in [-0.15, -0.1) is 0 Å². The Morgan fingerprint density at radius 3 is 2.12 bits per heavy atom. The highest BCUT2D eigenvalue weighted by atomic mass is 15.1. The minimum Gasteiger partial charge on any atom is -0.330 e. The van der Waals surface area contributed by atoms with Crippen LogP contribution in [0.4, 0.5) is 0 Å². The number of nitrogens with two attached hydrogens (primary N) is 1. The summed E-state index contributed by atoms with van der Waals surface area (Å²) in [4.78, 5) is 2.43. The molecule has 0 fully saturated rings. The lowest BCUT2D eigenvalue weighted by Crippen LogP contribution is -2.31. The molecule has 0 aliphatic heterocycles. The van der Waals surface area contributed by atoms with Gasteiger partial charge in [-0.05, 0) is 25.6 Å². The van der Waals surface area contributed by atoms with Crippen molar-refractivity contribution in [1.82, 2.24) is 4.90 Å². The van der Waals surface area contributed by atoms with Crippen LogP contribution in [-0.4, -0.2) is 31.1 Å². The van der Waals surface area contributed by atoms with E-state index in [1.165, 1.54) is 11.1 Å². The molecule has 0 aliphatic rings. The normalized spacial score (nSPS) is 13.1. The molecule has 0 saturated carbocycles. The SMILES string of the molecule is CCN(CC)CC(CN)c1ccc(C)cc1. The summed E-state index contributed by atoms with van der Waals surface area (Å²) in [5.74, 6) is 0.459. The molecule has 0 bridgehead atoms. The molecule has 0 saturated heterocycles. The van der Waals surface area contributed by atoms with Crippen LogP contribution in [-0.2, 0) is 0 Å². The zero-order chi connectivity index (χ0) is 12.0. The quantitative estimate of drug-likeness (QED) is 0.797. The molecule has 90 valence electrons. The summed E-state index contributed by atoms with van der Waals surface area (Å²) in [6, 6.07) is 8.74. The maximum absolute atomic E-state index is 5.87. The fourth-order valence-electron chi connectivity index (χ4n) is 1.95. The summed E-state index contributed by atoms with van der Waals surface area (Å²) in [7, 11) is 0. The van der Waals surface area contributed by atoms with Gasteiger partial charge in [0.1, 0.15) is 0 Å². The van der Waals surface area contributed by atoms with Gasteiger partial charge in [-0.1, -0.05) is 43.7 Å². The topological polar surface area (TPSA) is 29.3 Å². The van der Waals surface area contributed by atoms with E-state index in [9.17, 15) is 0 Å². The summed E-state index contributed by atoms with van der Waals surface area (Å²) in [6.45, 7) is 10.5. The Kier molecular flexibility index (Phi) is 5.50. The van der Waals surface area contributed by atoms with Gasteiger partial charge in [0, 0.05) is 19.0 Å². The summed E-state index contributed by atoms with van der Waals surface area (Å²) in [6.07, 6.45) is 0. The van der Waals surface area contributed by atoms with E-state index in [0.29, 0.717) is 5.92 Å². The predicted octanol–water partition coefficient (Wildman–Crippen LogP) is 2.38. The van der Waals surface area contributed by atoms with Crippen LogP contribution in [0, 0.1) is 6.92 Å². The molecule has 16 heavy (non-hydrogen) atoms. The predicted molar refractivity (Wildman–Crippen MR) is 70.8 cm³/mol. The van der Waals surface area contributed by atoms with Crippen molar-refractivity contribution in [3.63, 3.8) is 0 Å². The van der Waals surface area contributed by atoms with E-state index in [-0.39, 0.29) is 0 Å². The van der Waals surface area contributed by atoms with Gasteiger partial charge in [-0.3, -0.25) is 0 Å². The number of hydrogen-bond donors (Lipinski definition) is 1.